The van der Waals surface area contributed by atoms with Gasteiger partial charge < -0.3 is 15.0 Å². The van der Waals surface area contributed by atoms with Gasteiger partial charge in [-0.3, -0.25) is 14.4 Å². The maximum atomic E-state index is 13.1. The van der Waals surface area contributed by atoms with Crippen LogP contribution >= 0.6 is 11.8 Å². The number of nitrogens with one attached hydrogen (secondary N) is 2. The molecule has 2 amide bonds. The van der Waals surface area contributed by atoms with E-state index in [9.17, 15) is 14.4 Å². The fourth-order valence-electron chi connectivity index (χ4n) is 4.64. The fourth-order valence-corrected chi connectivity index (χ4v) is 6.02. The van der Waals surface area contributed by atoms with Crippen molar-refractivity contribution in [1.82, 2.24) is 15.6 Å². The normalized spacial score (nSPS) is 25.6. The summed E-state index contributed by atoms with van der Waals surface area (Å²) in [6.07, 6.45) is 6.22. The molecule has 1 unspecified atom stereocenters. The molecule has 2 saturated heterocycles. The molecule has 0 aromatic carbocycles. The van der Waals surface area contributed by atoms with E-state index in [2.05, 4.69) is 29.7 Å². The highest BCUT2D eigenvalue weighted by atomic mass is 32.2. The first kappa shape index (κ1) is 24.0. The number of ether oxygens (including phenoxy) is 1. The Kier molecular flexibility index (Phi) is 8.77. The summed E-state index contributed by atoms with van der Waals surface area (Å²) >= 11 is 1.57. The Balaban J connectivity index is 1.64. The number of nitrogens with zero attached hydrogens (tertiary/aromatic N) is 2. The van der Waals surface area contributed by atoms with E-state index in [0.717, 1.165) is 37.9 Å². The van der Waals surface area contributed by atoms with Gasteiger partial charge in [0, 0.05) is 38.0 Å². The van der Waals surface area contributed by atoms with Gasteiger partial charge in [-0.25, -0.2) is 5.43 Å². The minimum absolute atomic E-state index is 0.0660. The molecule has 1 aliphatic carbocycles. The number of thioether (sulfide) groups is 1. The number of carbonyl (C=O) groups excluding carboxylic acids is 3. The van der Waals surface area contributed by atoms with E-state index >= 15 is 0 Å². The number of rotatable bonds is 7. The Morgan fingerprint density at radius 2 is 1.77 bits per heavy atom. The average Bonchev–Trinajstić information content (AvgIpc) is 3.16. The lowest BCUT2D eigenvalue weighted by molar-refractivity contribution is -0.142. The summed E-state index contributed by atoms with van der Waals surface area (Å²) in [5, 5.41) is 7.83. The van der Waals surface area contributed by atoms with Crippen LogP contribution in [0.2, 0.25) is 0 Å². The van der Waals surface area contributed by atoms with Gasteiger partial charge in [-0.2, -0.15) is 0 Å². The average molecular weight is 453 g/mol. The van der Waals surface area contributed by atoms with Crippen molar-refractivity contribution in [2.75, 3.05) is 26.0 Å². The summed E-state index contributed by atoms with van der Waals surface area (Å²) in [5.41, 5.74) is 2.44. The minimum Gasteiger partial charge on any atom is -0.381 e. The molecule has 0 aromatic heterocycles. The van der Waals surface area contributed by atoms with Gasteiger partial charge in [-0.05, 0) is 37.5 Å². The number of hydrogen-bond donors (Lipinski definition) is 2. The minimum atomic E-state index is -0.823. The maximum absolute atomic E-state index is 13.1. The number of carbonyl (C=O) groups is 3. The van der Waals surface area contributed by atoms with E-state index in [1.165, 1.54) is 0 Å². The molecule has 3 fully saturated rings. The van der Waals surface area contributed by atoms with Gasteiger partial charge in [0.15, 0.2) is 5.17 Å². The van der Waals surface area contributed by atoms with Crippen LogP contribution in [0.4, 0.5) is 0 Å². The van der Waals surface area contributed by atoms with Gasteiger partial charge in [-0.1, -0.05) is 44.9 Å². The molecular weight excluding hydrogens is 416 g/mol. The van der Waals surface area contributed by atoms with Crippen molar-refractivity contribution >= 4 is 34.5 Å². The quantitative estimate of drug-likeness (QED) is 0.453. The smallest absolute Gasteiger partial charge is 0.309 e. The van der Waals surface area contributed by atoms with E-state index < -0.39 is 17.7 Å². The summed E-state index contributed by atoms with van der Waals surface area (Å²) < 4.78 is 5.41. The van der Waals surface area contributed by atoms with Crippen LogP contribution in [0.3, 0.4) is 0 Å². The van der Waals surface area contributed by atoms with Gasteiger partial charge in [0.05, 0.1) is 0 Å². The molecule has 8 nitrogen and oxygen atoms in total. The lowest BCUT2D eigenvalue weighted by atomic mass is 9.85. The first-order valence-electron chi connectivity index (χ1n) is 11.5. The predicted molar refractivity (Wildman–Crippen MR) is 121 cm³/mol. The van der Waals surface area contributed by atoms with Crippen molar-refractivity contribution in [2.24, 2.45) is 22.9 Å². The predicted octanol–water partition coefficient (Wildman–Crippen LogP) is 2.14. The second kappa shape index (κ2) is 11.3. The molecule has 0 spiro atoms. The van der Waals surface area contributed by atoms with Crippen LogP contribution in [0.15, 0.2) is 5.10 Å². The maximum Gasteiger partial charge on any atom is 0.309 e. The molecule has 174 valence electrons. The van der Waals surface area contributed by atoms with Crippen molar-refractivity contribution in [3.63, 3.8) is 0 Å². The largest absolute Gasteiger partial charge is 0.381 e. The van der Waals surface area contributed by atoms with Crippen molar-refractivity contribution < 1.29 is 19.1 Å². The van der Waals surface area contributed by atoms with E-state index in [4.69, 9.17) is 4.74 Å². The van der Waals surface area contributed by atoms with E-state index in [0.29, 0.717) is 43.2 Å². The Morgan fingerprint density at radius 1 is 1.10 bits per heavy atom. The van der Waals surface area contributed by atoms with E-state index in [-0.39, 0.29) is 17.7 Å². The molecule has 2 aliphatic heterocycles. The molecule has 2 N–H and O–H groups in total. The van der Waals surface area contributed by atoms with Crippen molar-refractivity contribution in [3.8, 4) is 0 Å². The van der Waals surface area contributed by atoms with Gasteiger partial charge in [0.2, 0.25) is 11.7 Å². The third kappa shape index (κ3) is 6.22. The zero-order valence-electron chi connectivity index (χ0n) is 18.9. The zero-order valence-corrected chi connectivity index (χ0v) is 19.7. The van der Waals surface area contributed by atoms with Crippen LogP contribution in [0, 0.1) is 17.8 Å². The summed E-state index contributed by atoms with van der Waals surface area (Å²) in [6.45, 7) is 5.38. The highest BCUT2D eigenvalue weighted by molar-refractivity contribution is 8.14. The molecule has 3 rings (SSSR count). The van der Waals surface area contributed by atoms with Gasteiger partial charge in [0.25, 0.3) is 0 Å². The molecule has 0 aromatic rings. The Morgan fingerprint density at radius 3 is 2.39 bits per heavy atom. The molecule has 9 heteroatoms. The highest BCUT2D eigenvalue weighted by Gasteiger charge is 2.37. The molecule has 31 heavy (non-hydrogen) atoms. The van der Waals surface area contributed by atoms with Crippen LogP contribution < -0.4 is 10.7 Å². The van der Waals surface area contributed by atoms with E-state index in [1.807, 2.05) is 11.9 Å². The van der Waals surface area contributed by atoms with Gasteiger partial charge >= 0.3 is 5.91 Å². The molecule has 0 bridgehead atoms. The Hall–Kier alpha value is -1.61. The topological polar surface area (TPSA) is 100 Å². The Labute approximate surface area is 189 Å². The van der Waals surface area contributed by atoms with Crippen LogP contribution in [-0.4, -0.2) is 65.8 Å². The SMILES string of the molecule is CC(C)[C@@H]1CSC(=NNC(=O)C(=O)C(NC(=O)C2CCCCC2)C2CCOCC2)N1C. The number of hydrogen-bond acceptors (Lipinski definition) is 6. The molecule has 2 heterocycles. The van der Waals surface area contributed by atoms with Gasteiger partial charge in [-0.15, -0.1) is 5.10 Å². The second-order valence-corrected chi connectivity index (χ2v) is 10.2. The monoisotopic (exact) mass is 452 g/mol. The number of ketones is 1. The second-order valence-electron chi connectivity index (χ2n) is 9.20. The first-order valence-corrected chi connectivity index (χ1v) is 12.5. The number of Topliss-reactive ketones (excluding diaryl/α,β-unsaturated/α-hetero) is 1. The van der Waals surface area contributed by atoms with Crippen molar-refractivity contribution in [1.29, 1.82) is 0 Å². The first-order chi connectivity index (χ1) is 14.9. The molecule has 3 aliphatic rings. The zero-order chi connectivity index (χ0) is 22.4. The number of hydrazone groups is 1. The van der Waals surface area contributed by atoms with Crippen LogP contribution in [0.25, 0.3) is 0 Å². The van der Waals surface area contributed by atoms with Crippen LogP contribution in [0.1, 0.15) is 58.8 Å². The van der Waals surface area contributed by atoms with Crippen LogP contribution in [-0.2, 0) is 19.1 Å². The van der Waals surface area contributed by atoms with E-state index in [1.54, 1.807) is 11.8 Å². The molecule has 1 saturated carbocycles. The third-order valence-electron chi connectivity index (χ3n) is 6.72. The summed E-state index contributed by atoms with van der Waals surface area (Å²) in [7, 11) is 1.95. The molecule has 2 atom stereocenters. The lowest BCUT2D eigenvalue weighted by Gasteiger charge is -2.31. The lowest BCUT2D eigenvalue weighted by Crippen LogP contribution is -2.53. The van der Waals surface area contributed by atoms with Crippen molar-refractivity contribution in [2.45, 2.75) is 70.9 Å². The fraction of sp³-hybridized carbons (Fsp3) is 0.818. The van der Waals surface area contributed by atoms with Crippen LogP contribution in [0.5, 0.6) is 0 Å². The number of amides is 2. The molecular formula is C22H36N4O4S. The third-order valence-corrected chi connectivity index (χ3v) is 7.87. The Bertz CT molecular complexity index is 687. The summed E-state index contributed by atoms with van der Waals surface area (Å²) in [6, 6.07) is -0.475. The standard InChI is InChI=1S/C22H36N4O4S/c1-14(2)17-13-31-22(26(17)3)25-24-21(29)19(27)18(15-9-11-30-12-10-15)23-20(28)16-7-5-4-6-8-16/h14-18H,4-13H2,1-3H3,(H,23,28)(H,24,29)/t17-,18?/m0/s1. The number of amidine groups is 1. The summed E-state index contributed by atoms with van der Waals surface area (Å²) in [4.78, 5) is 40.6. The van der Waals surface area contributed by atoms with Crippen molar-refractivity contribution in [3.05, 3.63) is 0 Å². The summed E-state index contributed by atoms with van der Waals surface area (Å²) in [5.74, 6) is -0.282. The highest BCUT2D eigenvalue weighted by Crippen LogP contribution is 2.27. The van der Waals surface area contributed by atoms with Gasteiger partial charge in [0.1, 0.15) is 6.04 Å². The molecule has 0 radical (unpaired) electrons.